The minimum Gasteiger partial charge on any atom is -0.364 e. The fraction of sp³-hybridized carbons (Fsp3) is 0.600. The quantitative estimate of drug-likeness (QED) is 0.822. The first-order valence-electron chi connectivity index (χ1n) is 6.98. The number of rotatable bonds is 3. The molecular formula is C15H22Br2N2. The summed E-state index contributed by atoms with van der Waals surface area (Å²) >= 11 is 7.38. The molecule has 0 bridgehead atoms. The summed E-state index contributed by atoms with van der Waals surface area (Å²) in [5.41, 5.74) is 1.28. The predicted octanol–water partition coefficient (Wildman–Crippen LogP) is 4.42. The summed E-state index contributed by atoms with van der Waals surface area (Å²) < 4.78 is 2.33. The zero-order valence-electron chi connectivity index (χ0n) is 11.8. The van der Waals surface area contributed by atoms with Crippen LogP contribution >= 0.6 is 31.9 Å². The van der Waals surface area contributed by atoms with Crippen LogP contribution in [0.2, 0.25) is 0 Å². The molecule has 1 N–H and O–H groups in total. The number of hydrogen-bond acceptors (Lipinski definition) is 2. The molecule has 3 unspecified atom stereocenters. The number of nitrogens with zero attached hydrogens (tertiary/aromatic N) is 1. The van der Waals surface area contributed by atoms with Crippen molar-refractivity contribution in [2.24, 2.45) is 5.92 Å². The standard InChI is InChI=1S/C15H22Br2N2/c1-4-10(2)14-9-19(11(3)8-18-14)15-12(16)6-5-7-13(15)17/h5-7,10-11,14,18H,4,8-9H2,1-3H3. The lowest BCUT2D eigenvalue weighted by molar-refractivity contribution is 0.315. The first-order valence-corrected chi connectivity index (χ1v) is 8.57. The molecule has 1 heterocycles. The van der Waals surface area contributed by atoms with Gasteiger partial charge >= 0.3 is 0 Å². The summed E-state index contributed by atoms with van der Waals surface area (Å²) in [6, 6.07) is 7.38. The van der Waals surface area contributed by atoms with Crippen LogP contribution in [-0.2, 0) is 0 Å². The van der Waals surface area contributed by atoms with Gasteiger partial charge in [0, 0.05) is 34.1 Å². The Morgan fingerprint density at radius 2 is 2.00 bits per heavy atom. The van der Waals surface area contributed by atoms with Gasteiger partial charge in [-0.15, -0.1) is 0 Å². The molecule has 1 aromatic carbocycles. The third-order valence-electron chi connectivity index (χ3n) is 4.16. The maximum Gasteiger partial charge on any atom is 0.0658 e. The van der Waals surface area contributed by atoms with Crippen LogP contribution in [0.1, 0.15) is 27.2 Å². The van der Waals surface area contributed by atoms with E-state index < -0.39 is 0 Å². The SMILES string of the molecule is CCC(C)C1CN(c2c(Br)cccc2Br)C(C)CN1. The van der Waals surface area contributed by atoms with Crippen molar-refractivity contribution in [2.45, 2.75) is 39.3 Å². The van der Waals surface area contributed by atoms with Crippen LogP contribution in [0, 0.1) is 5.92 Å². The van der Waals surface area contributed by atoms with E-state index >= 15 is 0 Å². The fourth-order valence-corrected chi connectivity index (χ4v) is 4.08. The third kappa shape index (κ3) is 3.34. The molecule has 2 nitrogen and oxygen atoms in total. The highest BCUT2D eigenvalue weighted by atomic mass is 79.9. The van der Waals surface area contributed by atoms with Crippen LogP contribution in [0.3, 0.4) is 0 Å². The molecule has 0 saturated carbocycles. The van der Waals surface area contributed by atoms with E-state index in [1.54, 1.807) is 0 Å². The predicted molar refractivity (Wildman–Crippen MR) is 89.9 cm³/mol. The summed E-state index contributed by atoms with van der Waals surface area (Å²) in [4.78, 5) is 2.52. The summed E-state index contributed by atoms with van der Waals surface area (Å²) in [5, 5.41) is 3.69. The number of nitrogens with one attached hydrogen (secondary N) is 1. The van der Waals surface area contributed by atoms with Crippen molar-refractivity contribution in [1.29, 1.82) is 0 Å². The molecule has 0 aliphatic carbocycles. The molecular weight excluding hydrogens is 368 g/mol. The number of benzene rings is 1. The fourth-order valence-electron chi connectivity index (χ4n) is 2.63. The van der Waals surface area contributed by atoms with Gasteiger partial charge in [-0.25, -0.2) is 0 Å². The Morgan fingerprint density at radius 1 is 1.37 bits per heavy atom. The smallest absolute Gasteiger partial charge is 0.0658 e. The van der Waals surface area contributed by atoms with Crippen molar-refractivity contribution in [3.63, 3.8) is 0 Å². The van der Waals surface area contributed by atoms with E-state index in [4.69, 9.17) is 0 Å². The van der Waals surface area contributed by atoms with E-state index in [-0.39, 0.29) is 0 Å². The number of para-hydroxylation sites is 1. The Hall–Kier alpha value is -0.0600. The lowest BCUT2D eigenvalue weighted by Crippen LogP contribution is -2.57. The van der Waals surface area contributed by atoms with Crippen LogP contribution in [-0.4, -0.2) is 25.2 Å². The minimum absolute atomic E-state index is 0.510. The Morgan fingerprint density at radius 3 is 2.58 bits per heavy atom. The Balaban J connectivity index is 2.26. The van der Waals surface area contributed by atoms with Gasteiger partial charge in [0.15, 0.2) is 0 Å². The summed E-state index contributed by atoms with van der Waals surface area (Å²) in [5.74, 6) is 0.705. The van der Waals surface area contributed by atoms with Gasteiger partial charge in [0.2, 0.25) is 0 Å². The van der Waals surface area contributed by atoms with Gasteiger partial charge in [0.1, 0.15) is 0 Å². The molecule has 1 aliphatic heterocycles. The second kappa shape index (κ2) is 6.59. The van der Waals surface area contributed by atoms with E-state index in [9.17, 15) is 0 Å². The molecule has 1 fully saturated rings. The Labute approximate surface area is 133 Å². The van der Waals surface area contributed by atoms with Gasteiger partial charge in [-0.3, -0.25) is 0 Å². The van der Waals surface area contributed by atoms with Crippen molar-refractivity contribution < 1.29 is 0 Å². The van der Waals surface area contributed by atoms with Crippen LogP contribution in [0.25, 0.3) is 0 Å². The van der Waals surface area contributed by atoms with Crippen molar-refractivity contribution in [2.75, 3.05) is 18.0 Å². The number of halogens is 2. The van der Waals surface area contributed by atoms with Gasteiger partial charge in [0.05, 0.1) is 5.69 Å². The second-order valence-corrected chi connectivity index (χ2v) is 7.18. The average Bonchev–Trinajstić information content (AvgIpc) is 2.39. The van der Waals surface area contributed by atoms with Crippen LogP contribution in [0.4, 0.5) is 5.69 Å². The summed E-state index contributed by atoms with van der Waals surface area (Å²) in [6.07, 6.45) is 1.22. The zero-order chi connectivity index (χ0) is 14.0. The van der Waals surface area contributed by atoms with Crippen molar-refractivity contribution >= 4 is 37.5 Å². The maximum absolute atomic E-state index is 3.69. The van der Waals surface area contributed by atoms with Crippen LogP contribution in [0.15, 0.2) is 27.1 Å². The summed E-state index contributed by atoms with van der Waals surface area (Å²) in [7, 11) is 0. The first kappa shape index (κ1) is 15.3. The lowest BCUT2D eigenvalue weighted by Gasteiger charge is -2.43. The second-order valence-electron chi connectivity index (χ2n) is 5.47. The van der Waals surface area contributed by atoms with E-state index in [1.807, 2.05) is 0 Å². The molecule has 1 aliphatic rings. The molecule has 19 heavy (non-hydrogen) atoms. The van der Waals surface area contributed by atoms with Crippen molar-refractivity contribution in [1.82, 2.24) is 5.32 Å². The largest absolute Gasteiger partial charge is 0.364 e. The normalized spacial score (nSPS) is 25.4. The molecule has 1 saturated heterocycles. The zero-order valence-corrected chi connectivity index (χ0v) is 15.0. The van der Waals surface area contributed by atoms with Gasteiger partial charge in [-0.1, -0.05) is 26.3 Å². The van der Waals surface area contributed by atoms with Gasteiger partial charge in [-0.05, 0) is 56.8 Å². The minimum atomic E-state index is 0.510. The highest BCUT2D eigenvalue weighted by Gasteiger charge is 2.29. The lowest BCUT2D eigenvalue weighted by atomic mass is 9.95. The number of hydrogen-bond donors (Lipinski definition) is 1. The highest BCUT2D eigenvalue weighted by Crippen LogP contribution is 2.36. The molecule has 0 spiro atoms. The van der Waals surface area contributed by atoms with E-state index in [0.29, 0.717) is 18.0 Å². The average molecular weight is 390 g/mol. The van der Waals surface area contributed by atoms with E-state index in [2.05, 4.69) is 81.0 Å². The molecule has 0 aromatic heterocycles. The summed E-state index contributed by atoms with van der Waals surface area (Å²) in [6.45, 7) is 9.00. The van der Waals surface area contributed by atoms with E-state index in [1.165, 1.54) is 21.1 Å². The first-order chi connectivity index (χ1) is 9.04. The van der Waals surface area contributed by atoms with E-state index in [0.717, 1.165) is 13.1 Å². The molecule has 106 valence electrons. The molecule has 0 radical (unpaired) electrons. The van der Waals surface area contributed by atoms with Crippen LogP contribution in [0.5, 0.6) is 0 Å². The van der Waals surface area contributed by atoms with Crippen molar-refractivity contribution in [3.05, 3.63) is 27.1 Å². The third-order valence-corrected chi connectivity index (χ3v) is 5.44. The monoisotopic (exact) mass is 388 g/mol. The van der Waals surface area contributed by atoms with Gasteiger partial charge in [-0.2, -0.15) is 0 Å². The Kier molecular flexibility index (Phi) is 5.32. The number of anilines is 1. The van der Waals surface area contributed by atoms with Gasteiger partial charge in [0.25, 0.3) is 0 Å². The molecule has 3 atom stereocenters. The topological polar surface area (TPSA) is 15.3 Å². The number of piperazine rings is 1. The molecule has 4 heteroatoms. The van der Waals surface area contributed by atoms with Gasteiger partial charge < -0.3 is 10.2 Å². The Bertz CT molecular complexity index is 416. The van der Waals surface area contributed by atoms with Crippen LogP contribution < -0.4 is 10.2 Å². The van der Waals surface area contributed by atoms with Crippen molar-refractivity contribution in [3.8, 4) is 0 Å². The molecule has 2 rings (SSSR count). The highest BCUT2D eigenvalue weighted by molar-refractivity contribution is 9.11. The maximum atomic E-state index is 3.69. The molecule has 0 amide bonds. The molecule has 1 aromatic rings.